The van der Waals surface area contributed by atoms with Gasteiger partial charge in [0.25, 0.3) is 0 Å². The number of aryl methyl sites for hydroxylation is 1. The maximum Gasteiger partial charge on any atom is 0.141 e. The average Bonchev–Trinajstić information content (AvgIpc) is 2.41. The third-order valence-corrected chi connectivity index (χ3v) is 3.17. The van der Waals surface area contributed by atoms with E-state index in [0.717, 1.165) is 24.0 Å². The number of hydrogen-bond acceptors (Lipinski definition) is 2. The number of aromatic nitrogens is 1. The van der Waals surface area contributed by atoms with E-state index in [0.29, 0.717) is 0 Å². The minimum Gasteiger partial charge on any atom is -0.309 e. The van der Waals surface area contributed by atoms with Gasteiger partial charge in [0.1, 0.15) is 5.82 Å². The zero-order chi connectivity index (χ0) is 13.7. The van der Waals surface area contributed by atoms with Gasteiger partial charge in [-0.15, -0.1) is 0 Å². The van der Waals surface area contributed by atoms with Crippen LogP contribution in [0.2, 0.25) is 0 Å². The Bertz CT molecular complexity index is 540. The first-order chi connectivity index (χ1) is 9.24. The number of hydrogen-bond donors (Lipinski definition) is 1. The van der Waals surface area contributed by atoms with Crippen molar-refractivity contribution in [3.05, 3.63) is 65.2 Å². The zero-order valence-electron chi connectivity index (χ0n) is 11.4. The van der Waals surface area contributed by atoms with Gasteiger partial charge in [-0.2, -0.15) is 0 Å². The lowest BCUT2D eigenvalue weighted by atomic mass is 9.97. The summed E-state index contributed by atoms with van der Waals surface area (Å²) in [5.74, 6) is -0.303. The summed E-state index contributed by atoms with van der Waals surface area (Å²) in [7, 11) is 1.88. The van der Waals surface area contributed by atoms with E-state index in [-0.39, 0.29) is 11.9 Å². The molecule has 1 heterocycles. The van der Waals surface area contributed by atoms with Crippen LogP contribution in [-0.4, -0.2) is 12.0 Å². The van der Waals surface area contributed by atoms with E-state index < -0.39 is 0 Å². The Balaban J connectivity index is 2.33. The van der Waals surface area contributed by atoms with Crippen LogP contribution in [0.1, 0.15) is 36.1 Å². The van der Waals surface area contributed by atoms with E-state index in [4.69, 9.17) is 0 Å². The largest absolute Gasteiger partial charge is 0.309 e. The second kappa shape index (κ2) is 6.43. The minimum atomic E-state index is -0.303. The maximum absolute atomic E-state index is 13.3. The Morgan fingerprint density at radius 1 is 1.21 bits per heavy atom. The minimum absolute atomic E-state index is 0.0278. The smallest absolute Gasteiger partial charge is 0.141 e. The van der Waals surface area contributed by atoms with Gasteiger partial charge in [-0.25, -0.2) is 4.39 Å². The van der Waals surface area contributed by atoms with Crippen molar-refractivity contribution in [2.24, 2.45) is 0 Å². The first kappa shape index (κ1) is 13.7. The molecule has 2 aromatic rings. The fraction of sp³-hybridized carbons (Fsp3) is 0.312. The SMILES string of the molecule is CCCc1cccc(C(NC)c2cncc(F)c2)c1. The topological polar surface area (TPSA) is 24.9 Å². The third-order valence-electron chi connectivity index (χ3n) is 3.17. The third kappa shape index (κ3) is 3.38. The number of nitrogens with zero attached hydrogens (tertiary/aromatic N) is 1. The average molecular weight is 258 g/mol. The van der Waals surface area contributed by atoms with Gasteiger partial charge in [0, 0.05) is 6.20 Å². The molecule has 1 aromatic heterocycles. The van der Waals surface area contributed by atoms with Gasteiger partial charge in [-0.3, -0.25) is 4.98 Å². The summed E-state index contributed by atoms with van der Waals surface area (Å²) in [4.78, 5) is 3.92. The van der Waals surface area contributed by atoms with Crippen LogP contribution >= 0.6 is 0 Å². The Hall–Kier alpha value is -1.74. The van der Waals surface area contributed by atoms with Crippen LogP contribution in [0.5, 0.6) is 0 Å². The van der Waals surface area contributed by atoms with Gasteiger partial charge in [-0.05, 0) is 36.2 Å². The van der Waals surface area contributed by atoms with E-state index in [1.165, 1.54) is 17.8 Å². The van der Waals surface area contributed by atoms with Crippen LogP contribution in [-0.2, 0) is 6.42 Å². The Morgan fingerprint density at radius 3 is 2.74 bits per heavy atom. The van der Waals surface area contributed by atoms with Crippen LogP contribution in [0.25, 0.3) is 0 Å². The predicted molar refractivity (Wildman–Crippen MR) is 75.5 cm³/mol. The molecule has 0 aliphatic carbocycles. The molecule has 1 aromatic carbocycles. The summed E-state index contributed by atoms with van der Waals surface area (Å²) in [5, 5.41) is 3.22. The van der Waals surface area contributed by atoms with Crippen LogP contribution in [0.15, 0.2) is 42.7 Å². The molecule has 0 spiro atoms. The molecule has 19 heavy (non-hydrogen) atoms. The lowest BCUT2D eigenvalue weighted by molar-refractivity contribution is 0.608. The van der Waals surface area contributed by atoms with Gasteiger partial charge in [0.2, 0.25) is 0 Å². The summed E-state index contributed by atoms with van der Waals surface area (Å²) in [6.07, 6.45) is 5.11. The van der Waals surface area contributed by atoms with Crippen molar-refractivity contribution in [2.75, 3.05) is 7.05 Å². The normalized spacial score (nSPS) is 12.4. The van der Waals surface area contributed by atoms with Crippen molar-refractivity contribution in [2.45, 2.75) is 25.8 Å². The van der Waals surface area contributed by atoms with Crippen molar-refractivity contribution >= 4 is 0 Å². The highest BCUT2D eigenvalue weighted by atomic mass is 19.1. The summed E-state index contributed by atoms with van der Waals surface area (Å²) in [5.41, 5.74) is 3.29. The van der Waals surface area contributed by atoms with E-state index >= 15 is 0 Å². The molecule has 2 nitrogen and oxygen atoms in total. The molecule has 1 unspecified atom stereocenters. The Labute approximate surface area is 113 Å². The van der Waals surface area contributed by atoms with E-state index in [1.54, 1.807) is 6.20 Å². The van der Waals surface area contributed by atoms with Crippen molar-refractivity contribution in [3.63, 3.8) is 0 Å². The second-order valence-corrected chi connectivity index (χ2v) is 4.65. The molecule has 1 atom stereocenters. The fourth-order valence-electron chi connectivity index (χ4n) is 2.33. The molecule has 0 aliphatic rings. The summed E-state index contributed by atoms with van der Waals surface area (Å²) >= 11 is 0. The van der Waals surface area contributed by atoms with Gasteiger partial charge >= 0.3 is 0 Å². The second-order valence-electron chi connectivity index (χ2n) is 4.65. The van der Waals surface area contributed by atoms with Gasteiger partial charge < -0.3 is 5.32 Å². The predicted octanol–water partition coefficient (Wildman–Crippen LogP) is 3.48. The van der Waals surface area contributed by atoms with Crippen molar-refractivity contribution in [3.8, 4) is 0 Å². The van der Waals surface area contributed by atoms with Crippen molar-refractivity contribution in [1.82, 2.24) is 10.3 Å². The van der Waals surface area contributed by atoms with Gasteiger partial charge in [0.05, 0.1) is 12.2 Å². The highest BCUT2D eigenvalue weighted by molar-refractivity contribution is 5.33. The highest BCUT2D eigenvalue weighted by Crippen LogP contribution is 2.22. The molecule has 0 saturated carbocycles. The zero-order valence-corrected chi connectivity index (χ0v) is 11.4. The molecule has 0 bridgehead atoms. The molecule has 1 N–H and O–H groups in total. The number of nitrogens with one attached hydrogen (secondary N) is 1. The number of pyridine rings is 1. The van der Waals surface area contributed by atoms with Gasteiger partial charge in [0.15, 0.2) is 0 Å². The molecule has 0 fully saturated rings. The summed E-state index contributed by atoms with van der Waals surface area (Å²) in [6, 6.07) is 9.92. The van der Waals surface area contributed by atoms with Gasteiger partial charge in [-0.1, -0.05) is 37.6 Å². The van der Waals surface area contributed by atoms with E-state index in [9.17, 15) is 4.39 Å². The molecular formula is C16H19FN2. The first-order valence-corrected chi connectivity index (χ1v) is 6.61. The number of halogens is 1. The Kier molecular flexibility index (Phi) is 4.63. The van der Waals surface area contributed by atoms with Crippen molar-refractivity contribution in [1.29, 1.82) is 0 Å². The van der Waals surface area contributed by atoms with E-state index in [2.05, 4.69) is 41.5 Å². The van der Waals surface area contributed by atoms with Crippen LogP contribution in [0.4, 0.5) is 4.39 Å². The highest BCUT2D eigenvalue weighted by Gasteiger charge is 2.13. The monoisotopic (exact) mass is 258 g/mol. The standard InChI is InChI=1S/C16H19FN2/c1-3-5-12-6-4-7-13(8-12)16(18-2)14-9-15(17)11-19-10-14/h4,6-11,16,18H,3,5H2,1-2H3. The summed E-state index contributed by atoms with van der Waals surface area (Å²) in [6.45, 7) is 2.17. The van der Waals surface area contributed by atoms with Crippen LogP contribution in [0, 0.1) is 5.82 Å². The summed E-state index contributed by atoms with van der Waals surface area (Å²) < 4.78 is 13.3. The van der Waals surface area contributed by atoms with E-state index in [1.807, 2.05) is 7.05 Å². The first-order valence-electron chi connectivity index (χ1n) is 6.61. The fourth-order valence-corrected chi connectivity index (χ4v) is 2.33. The molecule has 2 rings (SSSR count). The van der Waals surface area contributed by atoms with Crippen molar-refractivity contribution < 1.29 is 4.39 Å². The number of rotatable bonds is 5. The van der Waals surface area contributed by atoms with Crippen LogP contribution < -0.4 is 5.32 Å². The molecule has 0 amide bonds. The quantitative estimate of drug-likeness (QED) is 0.888. The molecular weight excluding hydrogens is 239 g/mol. The molecule has 100 valence electrons. The lowest BCUT2D eigenvalue weighted by Gasteiger charge is -2.17. The molecule has 0 saturated heterocycles. The lowest BCUT2D eigenvalue weighted by Crippen LogP contribution is -2.18. The van der Waals surface area contributed by atoms with Crippen LogP contribution in [0.3, 0.4) is 0 Å². The maximum atomic E-state index is 13.3. The number of benzene rings is 1. The molecule has 3 heteroatoms. The molecule has 0 radical (unpaired) electrons. The Morgan fingerprint density at radius 2 is 2.05 bits per heavy atom. The molecule has 0 aliphatic heterocycles.